The second-order valence-electron chi connectivity index (χ2n) is 14.5. The Hall–Kier alpha value is -6.87. The average molecular weight is 779 g/mol. The molecule has 3 aliphatic rings. The Morgan fingerprint density at radius 2 is 1.12 bits per heavy atom. The molecule has 0 N–H and O–H groups in total. The van der Waals surface area contributed by atoms with E-state index >= 15 is 0 Å². The van der Waals surface area contributed by atoms with Crippen LogP contribution in [0.5, 0.6) is 0 Å². The molecular formula is C50H30N6S2. The van der Waals surface area contributed by atoms with Gasteiger partial charge in [-0.2, -0.15) is 0 Å². The third-order valence-corrected chi connectivity index (χ3v) is 14.0. The third-order valence-electron chi connectivity index (χ3n) is 11.5. The Bertz CT molecular complexity index is 3030. The van der Waals surface area contributed by atoms with E-state index in [1.807, 2.05) is 85.1 Å². The van der Waals surface area contributed by atoms with E-state index in [2.05, 4.69) is 141 Å². The summed E-state index contributed by atoms with van der Waals surface area (Å²) in [5.41, 5.74) is 15.6. The highest BCUT2D eigenvalue weighted by Crippen LogP contribution is 2.65. The molecule has 1 atom stereocenters. The molecule has 12 rings (SSSR count). The molecule has 2 aliphatic heterocycles. The van der Waals surface area contributed by atoms with Crippen LogP contribution in [0.2, 0.25) is 0 Å². The number of nitrogens with zero attached hydrogens (tertiary/aromatic N) is 6. The van der Waals surface area contributed by atoms with E-state index in [4.69, 9.17) is 9.97 Å². The Morgan fingerprint density at radius 1 is 0.431 bits per heavy atom. The van der Waals surface area contributed by atoms with E-state index in [-0.39, 0.29) is 0 Å². The van der Waals surface area contributed by atoms with E-state index in [1.54, 1.807) is 0 Å². The van der Waals surface area contributed by atoms with Crippen molar-refractivity contribution in [3.8, 4) is 44.9 Å². The SMILES string of the molecule is c1cncc(-c2cc(-c3ccncc3)cc(-c3ccc4c(n3)-c3ncccc3C43c4ccccc4Sc4c3ccc3c4Sc4ccccc4N3c3ccncc3)c2)c1. The van der Waals surface area contributed by atoms with Gasteiger partial charge in [-0.3, -0.25) is 19.9 Å². The molecule has 1 spiro atoms. The number of pyridine rings is 5. The summed E-state index contributed by atoms with van der Waals surface area (Å²) >= 11 is 3.72. The van der Waals surface area contributed by atoms with Crippen molar-refractivity contribution in [1.29, 1.82) is 0 Å². The van der Waals surface area contributed by atoms with Gasteiger partial charge in [0.25, 0.3) is 0 Å². The van der Waals surface area contributed by atoms with Crippen LogP contribution in [-0.4, -0.2) is 24.9 Å². The van der Waals surface area contributed by atoms with Gasteiger partial charge in [0.2, 0.25) is 0 Å². The highest BCUT2D eigenvalue weighted by atomic mass is 32.2. The molecule has 9 aromatic rings. The summed E-state index contributed by atoms with van der Waals surface area (Å²) < 4.78 is 0. The quantitative estimate of drug-likeness (QED) is 0.175. The number of aromatic nitrogens is 5. The second-order valence-corrected chi connectivity index (χ2v) is 16.6. The van der Waals surface area contributed by atoms with Crippen molar-refractivity contribution in [2.45, 2.75) is 25.0 Å². The lowest BCUT2D eigenvalue weighted by Crippen LogP contribution is -2.32. The number of para-hydroxylation sites is 1. The molecule has 1 aliphatic carbocycles. The fourth-order valence-corrected chi connectivity index (χ4v) is 11.6. The predicted molar refractivity (Wildman–Crippen MR) is 232 cm³/mol. The lowest BCUT2D eigenvalue weighted by atomic mass is 9.67. The van der Waals surface area contributed by atoms with Gasteiger partial charge in [-0.15, -0.1) is 0 Å². The lowest BCUT2D eigenvalue weighted by molar-refractivity contribution is 0.711. The number of fused-ring (bicyclic) bond motifs is 12. The highest BCUT2D eigenvalue weighted by molar-refractivity contribution is 8.02. The number of hydrogen-bond donors (Lipinski definition) is 0. The zero-order chi connectivity index (χ0) is 38.2. The van der Waals surface area contributed by atoms with Crippen LogP contribution in [0.15, 0.2) is 202 Å². The fraction of sp³-hybridized carbons (Fsp3) is 0.0200. The van der Waals surface area contributed by atoms with Crippen LogP contribution in [0.3, 0.4) is 0 Å². The van der Waals surface area contributed by atoms with Crippen LogP contribution >= 0.6 is 23.5 Å². The van der Waals surface area contributed by atoms with Gasteiger partial charge in [0.15, 0.2) is 0 Å². The van der Waals surface area contributed by atoms with Gasteiger partial charge in [-0.05, 0) is 124 Å². The number of benzene rings is 4. The van der Waals surface area contributed by atoms with Crippen LogP contribution < -0.4 is 4.90 Å². The smallest absolute Gasteiger partial charge is 0.0945 e. The molecule has 7 heterocycles. The molecule has 272 valence electrons. The van der Waals surface area contributed by atoms with E-state index in [0.29, 0.717) is 0 Å². The van der Waals surface area contributed by atoms with Crippen molar-refractivity contribution in [1.82, 2.24) is 24.9 Å². The van der Waals surface area contributed by atoms with Gasteiger partial charge in [0, 0.05) is 74.9 Å². The first kappa shape index (κ1) is 33.3. The first-order chi connectivity index (χ1) is 28.8. The lowest BCUT2D eigenvalue weighted by Gasteiger charge is -2.42. The molecule has 5 aromatic heterocycles. The minimum Gasteiger partial charge on any atom is -0.308 e. The fourth-order valence-electron chi connectivity index (χ4n) is 9.00. The minimum atomic E-state index is -0.630. The Morgan fingerprint density at radius 3 is 1.97 bits per heavy atom. The second kappa shape index (κ2) is 13.1. The predicted octanol–water partition coefficient (Wildman–Crippen LogP) is 12.4. The first-order valence-corrected chi connectivity index (χ1v) is 20.7. The first-order valence-electron chi connectivity index (χ1n) is 19.1. The summed E-state index contributed by atoms with van der Waals surface area (Å²) in [6.45, 7) is 0. The summed E-state index contributed by atoms with van der Waals surface area (Å²) in [4.78, 5) is 31.1. The van der Waals surface area contributed by atoms with Gasteiger partial charge >= 0.3 is 0 Å². The highest BCUT2D eigenvalue weighted by Gasteiger charge is 2.52. The van der Waals surface area contributed by atoms with Crippen LogP contribution in [0.25, 0.3) is 44.9 Å². The summed E-state index contributed by atoms with van der Waals surface area (Å²) in [6.07, 6.45) is 13.0. The maximum Gasteiger partial charge on any atom is 0.0945 e. The van der Waals surface area contributed by atoms with Crippen molar-refractivity contribution in [2.75, 3.05) is 4.90 Å². The molecule has 0 amide bonds. The summed E-state index contributed by atoms with van der Waals surface area (Å²) in [5, 5.41) is 0. The van der Waals surface area contributed by atoms with Crippen LogP contribution in [-0.2, 0) is 5.41 Å². The van der Waals surface area contributed by atoms with Crippen molar-refractivity contribution >= 4 is 40.6 Å². The van der Waals surface area contributed by atoms with Gasteiger partial charge in [0.1, 0.15) is 0 Å². The number of hydrogen-bond acceptors (Lipinski definition) is 8. The number of anilines is 3. The maximum atomic E-state index is 5.58. The standard InChI is InChI=1S/C50H30N6S2/c1-3-11-44-37(8-1)50(40-14-16-43-49(48(40)57-44)58-45-12-4-2-10-42(45)56(43)36-19-25-52-26-20-36)38-9-6-22-54-46(38)47-39(50)13-15-41(55-47)35-28-33(31-17-23-51-24-18-31)27-34(29-35)32-7-5-21-53-30-32/h1-30H. The van der Waals surface area contributed by atoms with Gasteiger partial charge in [-0.25, -0.2) is 4.98 Å². The van der Waals surface area contributed by atoms with Crippen molar-refractivity contribution in [2.24, 2.45) is 0 Å². The van der Waals surface area contributed by atoms with Crippen molar-refractivity contribution in [3.05, 3.63) is 205 Å². The monoisotopic (exact) mass is 778 g/mol. The van der Waals surface area contributed by atoms with E-state index in [9.17, 15) is 0 Å². The molecule has 8 heteroatoms. The Kier molecular flexibility index (Phi) is 7.51. The zero-order valence-electron chi connectivity index (χ0n) is 30.8. The maximum absolute atomic E-state index is 5.58. The summed E-state index contributed by atoms with van der Waals surface area (Å²) in [6, 6.07) is 50.1. The van der Waals surface area contributed by atoms with Crippen LogP contribution in [0, 0.1) is 0 Å². The molecular weight excluding hydrogens is 749 g/mol. The summed E-state index contributed by atoms with van der Waals surface area (Å²) in [5.74, 6) is 0. The summed E-state index contributed by atoms with van der Waals surface area (Å²) in [7, 11) is 0. The van der Waals surface area contributed by atoms with E-state index in [0.717, 1.165) is 67.4 Å². The Labute approximate surface area is 343 Å². The average Bonchev–Trinajstić information content (AvgIpc) is 3.59. The normalized spacial score (nSPS) is 15.5. The molecule has 6 nitrogen and oxygen atoms in total. The van der Waals surface area contributed by atoms with Gasteiger partial charge in [-0.1, -0.05) is 78.1 Å². The number of rotatable bonds is 4. The van der Waals surface area contributed by atoms with Crippen LogP contribution in [0.1, 0.15) is 22.3 Å². The molecule has 4 aromatic carbocycles. The van der Waals surface area contributed by atoms with Crippen LogP contribution in [0.4, 0.5) is 17.1 Å². The van der Waals surface area contributed by atoms with Gasteiger partial charge < -0.3 is 4.90 Å². The van der Waals surface area contributed by atoms with Crippen molar-refractivity contribution in [3.63, 3.8) is 0 Å². The molecule has 1 unspecified atom stereocenters. The van der Waals surface area contributed by atoms with E-state index < -0.39 is 5.41 Å². The molecule has 0 radical (unpaired) electrons. The topological polar surface area (TPSA) is 67.7 Å². The van der Waals surface area contributed by atoms with Gasteiger partial charge in [0.05, 0.1) is 38.8 Å². The third kappa shape index (κ3) is 4.92. The largest absolute Gasteiger partial charge is 0.308 e. The Balaban J connectivity index is 1.09. The molecule has 0 saturated carbocycles. The molecule has 58 heavy (non-hydrogen) atoms. The molecule has 0 saturated heterocycles. The molecule has 0 fully saturated rings. The zero-order valence-corrected chi connectivity index (χ0v) is 32.5. The molecule has 0 bridgehead atoms. The minimum absolute atomic E-state index is 0.630. The van der Waals surface area contributed by atoms with Crippen molar-refractivity contribution < 1.29 is 0 Å². The van der Waals surface area contributed by atoms with E-state index in [1.165, 1.54) is 36.4 Å².